The molecule has 4 atom stereocenters. The van der Waals surface area contributed by atoms with Gasteiger partial charge in [-0.25, -0.2) is 0 Å². The van der Waals surface area contributed by atoms with Crippen LogP contribution in [0.1, 0.15) is 77.6 Å². The predicted octanol–water partition coefficient (Wildman–Crippen LogP) is 5.56. The third kappa shape index (κ3) is 5.20. The molecule has 3 heterocycles. The highest BCUT2D eigenvalue weighted by Gasteiger charge is 2.44. The standard InChI is InChI=1S/C32H30O8/c33-22-11-9-20(10-12-22)26-16-24(34)30-25(35)17-27-29(31(30)39-26)21-15-23(7-4-8-28(36)38-27)40-32(37,18-21)14-13-19-5-2-1-3-6-19/h1-3,5-6,9-14,17,21,23,26,33,35,37H,4,7-8,15-16,18H2/b14-13+/t21-,23-,26-,32+/m1/s1. The van der Waals surface area contributed by atoms with Crippen molar-refractivity contribution in [1.29, 1.82) is 0 Å². The molecule has 0 aliphatic carbocycles. The minimum absolute atomic E-state index is 0.00986. The van der Waals surface area contributed by atoms with E-state index >= 15 is 0 Å². The van der Waals surface area contributed by atoms with Crippen LogP contribution in [0.3, 0.4) is 0 Å². The molecular formula is C32H30O8. The third-order valence-electron chi connectivity index (χ3n) is 7.77. The molecule has 6 rings (SSSR count). The lowest BCUT2D eigenvalue weighted by atomic mass is 9.79. The number of carbonyl (C=O) groups is 2. The molecule has 0 aromatic heterocycles. The Labute approximate surface area is 231 Å². The fourth-order valence-corrected chi connectivity index (χ4v) is 5.91. The molecule has 3 aromatic carbocycles. The van der Waals surface area contributed by atoms with Gasteiger partial charge in [0.15, 0.2) is 11.6 Å². The summed E-state index contributed by atoms with van der Waals surface area (Å²) in [6, 6.07) is 17.3. The smallest absolute Gasteiger partial charge is 0.311 e. The van der Waals surface area contributed by atoms with Gasteiger partial charge in [0.25, 0.3) is 0 Å². The van der Waals surface area contributed by atoms with Gasteiger partial charge in [-0.05, 0) is 54.5 Å². The number of hydrogen-bond donors (Lipinski definition) is 3. The first kappa shape index (κ1) is 26.1. The monoisotopic (exact) mass is 542 g/mol. The Morgan fingerprint density at radius 2 is 1.77 bits per heavy atom. The van der Waals surface area contributed by atoms with Crippen molar-refractivity contribution in [3.8, 4) is 23.0 Å². The van der Waals surface area contributed by atoms with Crippen LogP contribution in [0, 0.1) is 0 Å². The minimum Gasteiger partial charge on any atom is -0.508 e. The lowest BCUT2D eigenvalue weighted by Crippen LogP contribution is -2.42. The summed E-state index contributed by atoms with van der Waals surface area (Å²) in [4.78, 5) is 26.1. The third-order valence-corrected chi connectivity index (χ3v) is 7.77. The van der Waals surface area contributed by atoms with Crippen LogP contribution < -0.4 is 9.47 Å². The molecule has 206 valence electrons. The number of esters is 1. The SMILES string of the molecule is O=C1CCC[C@@H]2C[C@H](C[C@](O)(/C=C/c3ccccc3)O2)c2c(cc(O)c3c2O[C@@H](c2ccc(O)cc2)CC3=O)O1. The number of Topliss-reactive ketones (excluding diaryl/α,β-unsaturated/α-hetero) is 1. The fourth-order valence-electron chi connectivity index (χ4n) is 5.91. The average molecular weight is 543 g/mol. The Hall–Kier alpha value is -4.14. The van der Waals surface area contributed by atoms with Crippen LogP contribution in [0.15, 0.2) is 66.7 Å². The summed E-state index contributed by atoms with van der Waals surface area (Å²) in [6.07, 6.45) is 4.21. The van der Waals surface area contributed by atoms with Gasteiger partial charge in [0.2, 0.25) is 0 Å². The highest BCUT2D eigenvalue weighted by Crippen LogP contribution is 2.53. The zero-order valence-electron chi connectivity index (χ0n) is 21.8. The van der Waals surface area contributed by atoms with Gasteiger partial charge in [0, 0.05) is 24.5 Å². The van der Waals surface area contributed by atoms with Gasteiger partial charge < -0.3 is 29.5 Å². The maximum Gasteiger partial charge on any atom is 0.311 e. The minimum atomic E-state index is -1.62. The molecule has 0 unspecified atom stereocenters. The maximum atomic E-state index is 13.4. The van der Waals surface area contributed by atoms with Gasteiger partial charge in [0.1, 0.15) is 34.7 Å². The first-order valence-electron chi connectivity index (χ1n) is 13.5. The van der Waals surface area contributed by atoms with E-state index in [1.165, 1.54) is 18.2 Å². The van der Waals surface area contributed by atoms with E-state index in [2.05, 4.69) is 0 Å². The predicted molar refractivity (Wildman–Crippen MR) is 145 cm³/mol. The molecule has 1 fully saturated rings. The van der Waals surface area contributed by atoms with E-state index in [9.17, 15) is 24.9 Å². The second-order valence-electron chi connectivity index (χ2n) is 10.7. The van der Waals surface area contributed by atoms with Crippen molar-refractivity contribution >= 4 is 17.8 Å². The number of benzene rings is 3. The number of ether oxygens (including phenoxy) is 3. The lowest BCUT2D eigenvalue weighted by molar-refractivity contribution is -0.227. The zero-order chi connectivity index (χ0) is 27.9. The summed E-state index contributed by atoms with van der Waals surface area (Å²) in [7, 11) is 0. The highest BCUT2D eigenvalue weighted by molar-refractivity contribution is 6.03. The Morgan fingerprint density at radius 1 is 1.00 bits per heavy atom. The Morgan fingerprint density at radius 3 is 2.55 bits per heavy atom. The number of ketones is 1. The van der Waals surface area contributed by atoms with Crippen molar-refractivity contribution in [2.75, 3.05) is 0 Å². The normalized spacial score (nSPS) is 26.4. The van der Waals surface area contributed by atoms with Crippen LogP contribution in [-0.4, -0.2) is 39.0 Å². The van der Waals surface area contributed by atoms with Gasteiger partial charge in [-0.2, -0.15) is 0 Å². The molecule has 8 nitrogen and oxygen atoms in total. The van der Waals surface area contributed by atoms with Crippen molar-refractivity contribution in [1.82, 2.24) is 0 Å². The molecule has 3 aliphatic heterocycles. The second kappa shape index (κ2) is 10.4. The number of fused-ring (bicyclic) bond motifs is 6. The number of aromatic hydroxyl groups is 2. The van der Waals surface area contributed by atoms with Crippen LogP contribution in [0.25, 0.3) is 6.08 Å². The summed E-state index contributed by atoms with van der Waals surface area (Å²) < 4.78 is 18.3. The van der Waals surface area contributed by atoms with Crippen molar-refractivity contribution < 1.29 is 39.1 Å². The van der Waals surface area contributed by atoms with Crippen LogP contribution >= 0.6 is 0 Å². The van der Waals surface area contributed by atoms with Gasteiger partial charge in [-0.15, -0.1) is 0 Å². The first-order valence-corrected chi connectivity index (χ1v) is 13.5. The molecule has 1 saturated heterocycles. The van der Waals surface area contributed by atoms with Gasteiger partial charge in [-0.1, -0.05) is 48.5 Å². The molecule has 3 N–H and O–H groups in total. The Kier molecular flexibility index (Phi) is 6.82. The first-order chi connectivity index (χ1) is 19.3. The van der Waals surface area contributed by atoms with E-state index in [0.29, 0.717) is 30.4 Å². The van der Waals surface area contributed by atoms with Crippen LogP contribution in [0.5, 0.6) is 23.0 Å². The zero-order valence-corrected chi connectivity index (χ0v) is 21.8. The molecule has 3 aromatic rings. The quantitative estimate of drug-likeness (QED) is 0.291. The van der Waals surface area contributed by atoms with Crippen molar-refractivity contribution in [2.45, 2.75) is 62.4 Å². The van der Waals surface area contributed by atoms with Crippen molar-refractivity contribution in [3.63, 3.8) is 0 Å². The number of rotatable bonds is 3. The number of hydrogen-bond acceptors (Lipinski definition) is 8. The fraction of sp³-hybridized carbons (Fsp3) is 0.312. The molecule has 3 aliphatic rings. The summed E-state index contributed by atoms with van der Waals surface area (Å²) in [5, 5.41) is 32.3. The molecule has 8 heteroatoms. The van der Waals surface area contributed by atoms with E-state index in [-0.39, 0.29) is 59.7 Å². The summed E-state index contributed by atoms with van der Waals surface area (Å²) in [5.41, 5.74) is 2.08. The molecule has 0 saturated carbocycles. The summed E-state index contributed by atoms with van der Waals surface area (Å²) >= 11 is 0. The number of phenolic OH excluding ortho intramolecular Hbond substituents is 2. The number of phenols is 2. The lowest BCUT2D eigenvalue weighted by Gasteiger charge is -2.42. The average Bonchev–Trinajstić information content (AvgIpc) is 2.92. The topological polar surface area (TPSA) is 123 Å². The van der Waals surface area contributed by atoms with Crippen LogP contribution in [0.2, 0.25) is 0 Å². The van der Waals surface area contributed by atoms with Crippen LogP contribution in [-0.2, 0) is 9.53 Å². The van der Waals surface area contributed by atoms with E-state index in [4.69, 9.17) is 14.2 Å². The molecule has 0 spiro atoms. The van der Waals surface area contributed by atoms with Crippen molar-refractivity contribution in [3.05, 3.63) is 89.0 Å². The molecular weight excluding hydrogens is 512 g/mol. The Bertz CT molecular complexity index is 1460. The van der Waals surface area contributed by atoms with Gasteiger partial charge in [-0.3, -0.25) is 9.59 Å². The Balaban J connectivity index is 1.45. The molecule has 40 heavy (non-hydrogen) atoms. The summed E-state index contributed by atoms with van der Waals surface area (Å²) in [6.45, 7) is 0. The number of carbonyl (C=O) groups excluding carboxylic acids is 2. The largest absolute Gasteiger partial charge is 0.508 e. The second-order valence-corrected chi connectivity index (χ2v) is 10.7. The maximum absolute atomic E-state index is 13.4. The van der Waals surface area contributed by atoms with Crippen molar-refractivity contribution in [2.24, 2.45) is 0 Å². The van der Waals surface area contributed by atoms with E-state index in [0.717, 1.165) is 5.56 Å². The molecule has 2 bridgehead atoms. The van der Waals surface area contributed by atoms with Gasteiger partial charge >= 0.3 is 5.97 Å². The van der Waals surface area contributed by atoms with E-state index in [1.807, 2.05) is 30.3 Å². The summed E-state index contributed by atoms with van der Waals surface area (Å²) in [5.74, 6) is -2.78. The molecule has 0 amide bonds. The van der Waals surface area contributed by atoms with E-state index in [1.54, 1.807) is 24.3 Å². The highest BCUT2D eigenvalue weighted by atomic mass is 16.6. The number of aliphatic hydroxyl groups is 1. The van der Waals surface area contributed by atoms with Crippen LogP contribution in [0.4, 0.5) is 0 Å². The van der Waals surface area contributed by atoms with Gasteiger partial charge in [0.05, 0.1) is 12.5 Å². The van der Waals surface area contributed by atoms with E-state index < -0.39 is 23.8 Å². The molecule has 0 radical (unpaired) electrons.